The molecule has 2 heterocycles. The predicted octanol–water partition coefficient (Wildman–Crippen LogP) is 4.46. The molecule has 0 unspecified atom stereocenters. The number of aryl methyl sites for hydroxylation is 1. The lowest BCUT2D eigenvalue weighted by Crippen LogP contribution is -2.12. The zero-order chi connectivity index (χ0) is 23.2. The highest BCUT2D eigenvalue weighted by molar-refractivity contribution is 7.14. The minimum absolute atomic E-state index is 0.179. The van der Waals surface area contributed by atoms with E-state index in [9.17, 15) is 4.79 Å². The largest absolute Gasteiger partial charge is 0.496 e. The van der Waals surface area contributed by atoms with Gasteiger partial charge in [-0.05, 0) is 30.3 Å². The molecule has 170 valence electrons. The summed E-state index contributed by atoms with van der Waals surface area (Å²) in [6.07, 6.45) is 0.487. The van der Waals surface area contributed by atoms with Crippen molar-refractivity contribution in [2.45, 2.75) is 12.8 Å². The molecule has 0 saturated carbocycles. The Labute approximate surface area is 194 Å². The first-order chi connectivity index (χ1) is 16.1. The zero-order valence-corrected chi connectivity index (χ0v) is 19.1. The van der Waals surface area contributed by atoms with Crippen molar-refractivity contribution in [3.63, 3.8) is 0 Å². The number of ether oxygens (including phenoxy) is 3. The SMILES string of the molecule is COc1ccc(-c2csc(NC(=O)CCc3nc(-c4ccccc4OC)no3)n2)cc1OC. The highest BCUT2D eigenvalue weighted by atomic mass is 32.1. The van der Waals surface area contributed by atoms with Crippen molar-refractivity contribution in [2.75, 3.05) is 26.6 Å². The van der Waals surface area contributed by atoms with Crippen LogP contribution in [-0.4, -0.2) is 42.4 Å². The summed E-state index contributed by atoms with van der Waals surface area (Å²) in [5.74, 6) is 2.50. The van der Waals surface area contributed by atoms with Crippen molar-refractivity contribution < 1.29 is 23.5 Å². The minimum atomic E-state index is -0.194. The molecule has 9 nitrogen and oxygen atoms in total. The van der Waals surface area contributed by atoms with Gasteiger partial charge in [0.2, 0.25) is 17.6 Å². The van der Waals surface area contributed by atoms with E-state index in [1.165, 1.54) is 11.3 Å². The Hall–Kier alpha value is -3.92. The van der Waals surface area contributed by atoms with Crippen molar-refractivity contribution in [1.29, 1.82) is 0 Å². The number of methoxy groups -OCH3 is 3. The molecular weight excluding hydrogens is 444 g/mol. The molecule has 4 rings (SSSR count). The molecule has 0 aliphatic carbocycles. The van der Waals surface area contributed by atoms with Gasteiger partial charge in [-0.3, -0.25) is 4.79 Å². The van der Waals surface area contributed by atoms with E-state index in [0.717, 1.165) is 16.8 Å². The van der Waals surface area contributed by atoms with Gasteiger partial charge in [-0.1, -0.05) is 17.3 Å². The van der Waals surface area contributed by atoms with Crippen LogP contribution in [0, 0.1) is 0 Å². The molecule has 0 atom stereocenters. The highest BCUT2D eigenvalue weighted by Crippen LogP contribution is 2.33. The van der Waals surface area contributed by atoms with E-state index in [0.29, 0.717) is 40.5 Å². The molecule has 0 spiro atoms. The number of thiazole rings is 1. The van der Waals surface area contributed by atoms with Crippen LogP contribution in [0.4, 0.5) is 5.13 Å². The average Bonchev–Trinajstić information content (AvgIpc) is 3.52. The highest BCUT2D eigenvalue weighted by Gasteiger charge is 2.15. The predicted molar refractivity (Wildman–Crippen MR) is 124 cm³/mol. The van der Waals surface area contributed by atoms with Crippen LogP contribution in [0.15, 0.2) is 52.4 Å². The van der Waals surface area contributed by atoms with Gasteiger partial charge in [-0.2, -0.15) is 4.98 Å². The van der Waals surface area contributed by atoms with Crippen LogP contribution in [0.1, 0.15) is 12.3 Å². The Balaban J connectivity index is 1.36. The monoisotopic (exact) mass is 466 g/mol. The van der Waals surface area contributed by atoms with Gasteiger partial charge in [0.1, 0.15) is 5.75 Å². The Morgan fingerprint density at radius 3 is 2.58 bits per heavy atom. The van der Waals surface area contributed by atoms with Gasteiger partial charge in [0.25, 0.3) is 0 Å². The number of carbonyl (C=O) groups is 1. The summed E-state index contributed by atoms with van der Waals surface area (Å²) in [5, 5.41) is 9.18. The Kier molecular flexibility index (Phi) is 6.84. The van der Waals surface area contributed by atoms with Gasteiger partial charge >= 0.3 is 0 Å². The van der Waals surface area contributed by atoms with E-state index >= 15 is 0 Å². The standard InChI is InChI=1S/C23H22N4O5S/c1-29-17-7-5-4-6-15(17)22-26-21(32-27-22)11-10-20(28)25-23-24-16(13-33-23)14-8-9-18(30-2)19(12-14)31-3/h4-9,12-13H,10-11H2,1-3H3,(H,24,25,28). The number of hydrogen-bond donors (Lipinski definition) is 1. The summed E-state index contributed by atoms with van der Waals surface area (Å²) >= 11 is 1.34. The van der Waals surface area contributed by atoms with Gasteiger partial charge < -0.3 is 24.1 Å². The summed E-state index contributed by atoms with van der Waals surface area (Å²) in [6.45, 7) is 0. The summed E-state index contributed by atoms with van der Waals surface area (Å²) in [6, 6.07) is 12.9. The fraction of sp³-hybridized carbons (Fsp3) is 0.217. The third-order valence-electron chi connectivity index (χ3n) is 4.81. The van der Waals surface area contributed by atoms with Crippen molar-refractivity contribution in [2.24, 2.45) is 0 Å². The van der Waals surface area contributed by atoms with Crippen LogP contribution < -0.4 is 19.5 Å². The Morgan fingerprint density at radius 1 is 1.00 bits per heavy atom. The van der Waals surface area contributed by atoms with Gasteiger partial charge in [0.05, 0.1) is 32.6 Å². The lowest BCUT2D eigenvalue weighted by atomic mass is 10.1. The van der Waals surface area contributed by atoms with Crippen molar-refractivity contribution in [1.82, 2.24) is 15.1 Å². The summed E-state index contributed by atoms with van der Waals surface area (Å²) in [5.41, 5.74) is 2.32. The number of aromatic nitrogens is 3. The second-order valence-corrected chi connectivity index (χ2v) is 7.73. The number of benzene rings is 2. The number of amides is 1. The maximum atomic E-state index is 12.4. The van der Waals surface area contributed by atoms with Crippen molar-refractivity contribution in [3.8, 4) is 39.9 Å². The number of hydrogen-bond acceptors (Lipinski definition) is 9. The molecule has 1 N–H and O–H groups in total. The van der Waals surface area contributed by atoms with Crippen molar-refractivity contribution >= 4 is 22.4 Å². The van der Waals surface area contributed by atoms with E-state index in [-0.39, 0.29) is 12.3 Å². The van der Waals surface area contributed by atoms with Crippen molar-refractivity contribution in [3.05, 3.63) is 53.7 Å². The van der Waals surface area contributed by atoms with Crippen LogP contribution in [-0.2, 0) is 11.2 Å². The molecule has 0 radical (unpaired) electrons. The third-order valence-corrected chi connectivity index (χ3v) is 5.57. The molecule has 0 bridgehead atoms. The number of para-hydroxylation sites is 1. The van der Waals surface area contributed by atoms with E-state index in [4.69, 9.17) is 18.7 Å². The molecule has 1 amide bonds. The number of nitrogens with one attached hydrogen (secondary N) is 1. The van der Waals surface area contributed by atoms with Gasteiger partial charge in [0.15, 0.2) is 16.6 Å². The smallest absolute Gasteiger partial charge is 0.227 e. The van der Waals surface area contributed by atoms with Gasteiger partial charge in [0, 0.05) is 23.8 Å². The molecule has 4 aromatic rings. The molecule has 0 saturated heterocycles. The first-order valence-electron chi connectivity index (χ1n) is 10.0. The topological polar surface area (TPSA) is 109 Å². The maximum absolute atomic E-state index is 12.4. The van der Waals surface area contributed by atoms with E-state index in [1.807, 2.05) is 47.8 Å². The van der Waals surface area contributed by atoms with E-state index < -0.39 is 0 Å². The van der Waals surface area contributed by atoms with Gasteiger partial charge in [-0.15, -0.1) is 11.3 Å². The van der Waals surface area contributed by atoms with Gasteiger partial charge in [-0.25, -0.2) is 4.98 Å². The normalized spacial score (nSPS) is 10.6. The number of rotatable bonds is 9. The molecule has 2 aromatic carbocycles. The van der Waals surface area contributed by atoms with E-state index in [1.54, 1.807) is 21.3 Å². The molecule has 33 heavy (non-hydrogen) atoms. The first kappa shape index (κ1) is 22.3. The summed E-state index contributed by atoms with van der Waals surface area (Å²) in [7, 11) is 4.75. The molecule has 0 aliphatic heterocycles. The minimum Gasteiger partial charge on any atom is -0.496 e. The molecular formula is C23H22N4O5S. The van der Waals surface area contributed by atoms with Crippen LogP contribution in [0.5, 0.6) is 17.2 Å². The average molecular weight is 467 g/mol. The lowest BCUT2D eigenvalue weighted by Gasteiger charge is -2.08. The Morgan fingerprint density at radius 2 is 1.79 bits per heavy atom. The summed E-state index contributed by atoms with van der Waals surface area (Å²) in [4.78, 5) is 21.3. The molecule has 0 aliphatic rings. The quantitative estimate of drug-likeness (QED) is 0.385. The third kappa shape index (κ3) is 5.12. The molecule has 0 fully saturated rings. The maximum Gasteiger partial charge on any atom is 0.227 e. The second-order valence-electron chi connectivity index (χ2n) is 6.87. The number of nitrogens with zero attached hydrogens (tertiary/aromatic N) is 3. The number of anilines is 1. The second kappa shape index (κ2) is 10.1. The molecule has 10 heteroatoms. The van der Waals surface area contributed by atoms with Crippen LogP contribution >= 0.6 is 11.3 Å². The molecule has 2 aromatic heterocycles. The van der Waals surface area contributed by atoms with Crippen LogP contribution in [0.2, 0.25) is 0 Å². The zero-order valence-electron chi connectivity index (χ0n) is 18.3. The van der Waals surface area contributed by atoms with E-state index in [2.05, 4.69) is 20.4 Å². The summed E-state index contributed by atoms with van der Waals surface area (Å²) < 4.78 is 21.2. The fourth-order valence-corrected chi connectivity index (χ4v) is 3.89. The first-order valence-corrected chi connectivity index (χ1v) is 10.9. The fourth-order valence-electron chi connectivity index (χ4n) is 3.16. The van der Waals surface area contributed by atoms with Crippen LogP contribution in [0.25, 0.3) is 22.6 Å². The number of carbonyl (C=O) groups excluding carboxylic acids is 1. The Bertz CT molecular complexity index is 1250. The lowest BCUT2D eigenvalue weighted by molar-refractivity contribution is -0.116. The van der Waals surface area contributed by atoms with Crippen LogP contribution in [0.3, 0.4) is 0 Å².